The Bertz CT molecular complexity index is 239. The number of hydrogen-bond donors (Lipinski definition) is 3. The van der Waals surface area contributed by atoms with Crippen LogP contribution in [0.15, 0.2) is 0 Å². The standard InChI is InChI=1S/C12H27O3P.C4H10O2/c1-2-3-4-5-6-7-8-9-10-11-12-16(13,14)15;1-6-4-2-3-5/h2-12H2,1H3,(H2,13,14,15);5H,2-4H2,1H3. The Balaban J connectivity index is 0. The molecule has 3 N–H and O–H groups in total. The molecule has 0 radical (unpaired) electrons. The van der Waals surface area contributed by atoms with E-state index in [1.54, 1.807) is 7.11 Å². The summed E-state index contributed by atoms with van der Waals surface area (Å²) in [5.74, 6) is 0. The van der Waals surface area contributed by atoms with E-state index in [1.165, 1.54) is 44.9 Å². The minimum atomic E-state index is -3.74. The maximum Gasteiger partial charge on any atom is 0.325 e. The summed E-state index contributed by atoms with van der Waals surface area (Å²) in [5.41, 5.74) is 0. The van der Waals surface area contributed by atoms with Crippen LogP contribution >= 0.6 is 7.60 Å². The molecule has 0 heterocycles. The fraction of sp³-hybridized carbons (Fsp3) is 1.00. The summed E-state index contributed by atoms with van der Waals surface area (Å²) in [7, 11) is -2.12. The zero-order chi connectivity index (χ0) is 17.1. The molecule has 0 bridgehead atoms. The van der Waals surface area contributed by atoms with Gasteiger partial charge < -0.3 is 19.6 Å². The largest absolute Gasteiger partial charge is 0.396 e. The van der Waals surface area contributed by atoms with E-state index in [9.17, 15) is 4.57 Å². The van der Waals surface area contributed by atoms with Gasteiger partial charge in [0.25, 0.3) is 0 Å². The molecule has 0 fully saturated rings. The lowest BCUT2D eigenvalue weighted by molar-refractivity contribution is 0.166. The average Bonchev–Trinajstić information content (AvgIpc) is 2.46. The van der Waals surface area contributed by atoms with Gasteiger partial charge in [0.05, 0.1) is 0 Å². The highest BCUT2D eigenvalue weighted by Crippen LogP contribution is 2.35. The topological polar surface area (TPSA) is 87.0 Å². The molecule has 0 saturated carbocycles. The summed E-state index contributed by atoms with van der Waals surface area (Å²) in [4.78, 5) is 17.3. The van der Waals surface area contributed by atoms with Gasteiger partial charge in [0.2, 0.25) is 0 Å². The SMILES string of the molecule is CCCCCCCCCCCCP(=O)(O)O.COCCCO. The van der Waals surface area contributed by atoms with Crippen molar-refractivity contribution >= 4 is 7.60 Å². The highest BCUT2D eigenvalue weighted by Gasteiger charge is 2.10. The number of rotatable bonds is 14. The molecule has 5 nitrogen and oxygen atoms in total. The van der Waals surface area contributed by atoms with Gasteiger partial charge in [-0.25, -0.2) is 0 Å². The number of aliphatic hydroxyl groups is 1. The second-order valence-electron chi connectivity index (χ2n) is 5.64. The number of aliphatic hydroxyl groups excluding tert-OH is 1. The van der Waals surface area contributed by atoms with E-state index in [0.717, 1.165) is 19.3 Å². The fourth-order valence-corrected chi connectivity index (χ4v) is 2.65. The first-order chi connectivity index (χ1) is 10.5. The molecule has 6 heteroatoms. The van der Waals surface area contributed by atoms with Gasteiger partial charge in [0.1, 0.15) is 0 Å². The second kappa shape index (κ2) is 19.1. The quantitative estimate of drug-likeness (QED) is 0.327. The summed E-state index contributed by atoms with van der Waals surface area (Å²) in [6, 6.07) is 0. The maximum absolute atomic E-state index is 10.6. The highest BCUT2D eigenvalue weighted by molar-refractivity contribution is 7.51. The molecule has 0 spiro atoms. The molecule has 0 aliphatic heterocycles. The zero-order valence-corrected chi connectivity index (χ0v) is 15.4. The molecule has 0 unspecified atom stereocenters. The molecule has 0 aromatic carbocycles. The molecular weight excluding hydrogens is 303 g/mol. The normalized spacial score (nSPS) is 11.1. The van der Waals surface area contributed by atoms with Gasteiger partial charge in [-0.1, -0.05) is 64.7 Å². The second-order valence-corrected chi connectivity index (χ2v) is 7.42. The third-order valence-corrected chi connectivity index (χ3v) is 4.21. The van der Waals surface area contributed by atoms with Gasteiger partial charge in [-0.15, -0.1) is 0 Å². The molecule has 0 atom stereocenters. The minimum Gasteiger partial charge on any atom is -0.396 e. The Morgan fingerprint density at radius 2 is 1.27 bits per heavy atom. The van der Waals surface area contributed by atoms with Crippen molar-refractivity contribution in [1.82, 2.24) is 0 Å². The first kappa shape index (κ1) is 24.3. The lowest BCUT2D eigenvalue weighted by Crippen LogP contribution is -1.90. The van der Waals surface area contributed by atoms with Gasteiger partial charge >= 0.3 is 7.60 Å². The van der Waals surface area contributed by atoms with Crippen LogP contribution in [0.25, 0.3) is 0 Å². The summed E-state index contributed by atoms with van der Waals surface area (Å²) >= 11 is 0. The monoisotopic (exact) mass is 340 g/mol. The van der Waals surface area contributed by atoms with Crippen LogP contribution in [-0.2, 0) is 9.30 Å². The third kappa shape index (κ3) is 28.3. The first-order valence-corrected chi connectivity index (χ1v) is 10.4. The maximum atomic E-state index is 10.6. The molecule has 0 aliphatic rings. The number of ether oxygens (including phenoxy) is 1. The van der Waals surface area contributed by atoms with Crippen LogP contribution < -0.4 is 0 Å². The third-order valence-electron chi connectivity index (χ3n) is 3.31. The molecular formula is C16H37O5P. The molecule has 0 aromatic rings. The Morgan fingerprint density at radius 3 is 1.59 bits per heavy atom. The van der Waals surface area contributed by atoms with Crippen molar-refractivity contribution in [2.45, 2.75) is 77.6 Å². The highest BCUT2D eigenvalue weighted by atomic mass is 31.2. The van der Waals surface area contributed by atoms with Crippen molar-refractivity contribution in [3.8, 4) is 0 Å². The predicted octanol–water partition coefficient (Wildman–Crippen LogP) is 4.10. The molecule has 0 rings (SSSR count). The van der Waals surface area contributed by atoms with Crippen molar-refractivity contribution in [1.29, 1.82) is 0 Å². The summed E-state index contributed by atoms with van der Waals surface area (Å²) in [6.45, 7) is 3.12. The van der Waals surface area contributed by atoms with Gasteiger partial charge in [0.15, 0.2) is 0 Å². The number of unbranched alkanes of at least 4 members (excludes halogenated alkanes) is 9. The van der Waals surface area contributed by atoms with Crippen LogP contribution in [-0.4, -0.2) is 41.4 Å². The summed E-state index contributed by atoms with van der Waals surface area (Å²) < 4.78 is 15.2. The van der Waals surface area contributed by atoms with Crippen molar-refractivity contribution in [3.63, 3.8) is 0 Å². The Kier molecular flexibility index (Phi) is 21.1. The molecule has 0 aromatic heterocycles. The van der Waals surface area contributed by atoms with Gasteiger partial charge in [-0.3, -0.25) is 4.57 Å². The van der Waals surface area contributed by atoms with E-state index in [4.69, 9.17) is 14.9 Å². The van der Waals surface area contributed by atoms with E-state index >= 15 is 0 Å². The molecule has 136 valence electrons. The van der Waals surface area contributed by atoms with Crippen LogP contribution in [0.3, 0.4) is 0 Å². The van der Waals surface area contributed by atoms with Crippen molar-refractivity contribution in [3.05, 3.63) is 0 Å². The number of methoxy groups -OCH3 is 1. The zero-order valence-electron chi connectivity index (χ0n) is 14.5. The lowest BCUT2D eigenvalue weighted by atomic mass is 10.1. The van der Waals surface area contributed by atoms with E-state index in [0.29, 0.717) is 13.0 Å². The van der Waals surface area contributed by atoms with Crippen molar-refractivity contribution < 1.29 is 24.2 Å². The fourth-order valence-electron chi connectivity index (χ4n) is 2.01. The summed E-state index contributed by atoms with van der Waals surface area (Å²) in [5, 5.41) is 8.12. The number of hydrogen-bond acceptors (Lipinski definition) is 3. The van der Waals surface area contributed by atoms with Gasteiger partial charge in [-0.2, -0.15) is 0 Å². The molecule has 22 heavy (non-hydrogen) atoms. The van der Waals surface area contributed by atoms with Crippen LogP contribution in [0, 0.1) is 0 Å². The van der Waals surface area contributed by atoms with E-state index in [-0.39, 0.29) is 12.8 Å². The smallest absolute Gasteiger partial charge is 0.325 e. The van der Waals surface area contributed by atoms with E-state index < -0.39 is 7.60 Å². The van der Waals surface area contributed by atoms with Crippen LogP contribution in [0.5, 0.6) is 0 Å². The predicted molar refractivity (Wildman–Crippen MR) is 92.3 cm³/mol. The molecule has 0 amide bonds. The minimum absolute atomic E-state index is 0.0590. The van der Waals surface area contributed by atoms with Gasteiger partial charge in [-0.05, 0) is 12.8 Å². The van der Waals surface area contributed by atoms with E-state index in [1.807, 2.05) is 0 Å². The first-order valence-electron chi connectivity index (χ1n) is 8.62. The Labute approximate surface area is 136 Å². The van der Waals surface area contributed by atoms with Crippen LogP contribution in [0.1, 0.15) is 77.6 Å². The van der Waals surface area contributed by atoms with E-state index in [2.05, 4.69) is 11.7 Å². The molecule has 0 aliphatic carbocycles. The average molecular weight is 340 g/mol. The van der Waals surface area contributed by atoms with Gasteiger partial charge in [0, 0.05) is 26.5 Å². The summed E-state index contributed by atoms with van der Waals surface area (Å²) in [6.07, 6.45) is 12.7. The van der Waals surface area contributed by atoms with Crippen molar-refractivity contribution in [2.24, 2.45) is 0 Å². The Morgan fingerprint density at radius 1 is 0.818 bits per heavy atom. The van der Waals surface area contributed by atoms with Crippen LogP contribution in [0.4, 0.5) is 0 Å². The van der Waals surface area contributed by atoms with Crippen molar-refractivity contribution in [2.75, 3.05) is 26.5 Å². The lowest BCUT2D eigenvalue weighted by Gasteiger charge is -2.03. The Hall–Kier alpha value is 0.0700. The van der Waals surface area contributed by atoms with Crippen LogP contribution in [0.2, 0.25) is 0 Å². The molecule has 0 saturated heterocycles.